The quantitative estimate of drug-likeness (QED) is 0.668. The average Bonchev–Trinajstić information content (AvgIpc) is 2.74. The van der Waals surface area contributed by atoms with E-state index in [9.17, 15) is 4.79 Å². The molecule has 3 atom stereocenters. The molecule has 0 aromatic heterocycles. The van der Waals surface area contributed by atoms with Gasteiger partial charge in [0, 0.05) is 54.3 Å². The summed E-state index contributed by atoms with van der Waals surface area (Å²) in [6.07, 6.45) is 4.20. The number of amides is 2. The molecule has 0 bridgehead atoms. The predicted octanol–water partition coefficient (Wildman–Crippen LogP) is 3.66. The molecule has 2 heterocycles. The van der Waals surface area contributed by atoms with Crippen molar-refractivity contribution in [3.63, 3.8) is 0 Å². The van der Waals surface area contributed by atoms with E-state index in [0.29, 0.717) is 25.6 Å². The smallest absolute Gasteiger partial charge is 0.322 e. The second-order valence-corrected chi connectivity index (χ2v) is 8.60. The molecular formula is C23H27BrN4O2. The highest BCUT2D eigenvalue weighted by Crippen LogP contribution is 2.41. The van der Waals surface area contributed by atoms with Crippen LogP contribution in [0.25, 0.3) is 0 Å². The Balaban J connectivity index is 1.51. The predicted molar refractivity (Wildman–Crippen MR) is 123 cm³/mol. The minimum atomic E-state index is -0.0996. The average molecular weight is 471 g/mol. The number of hydrogen-bond acceptors (Lipinski definition) is 4. The molecule has 0 unspecified atom stereocenters. The number of nitrogens with two attached hydrogens (primary N) is 1. The summed E-state index contributed by atoms with van der Waals surface area (Å²) in [5.41, 5.74) is 8.16. The molecule has 4 rings (SSSR count). The van der Waals surface area contributed by atoms with E-state index < -0.39 is 0 Å². The third kappa shape index (κ3) is 4.24. The van der Waals surface area contributed by atoms with Crippen LogP contribution in [-0.4, -0.2) is 61.2 Å². The number of halogens is 1. The second-order valence-electron chi connectivity index (χ2n) is 7.68. The molecule has 0 saturated carbocycles. The van der Waals surface area contributed by atoms with Crippen molar-refractivity contribution in [1.29, 1.82) is 0 Å². The number of nitrogens with zero attached hydrogens (tertiary/aromatic N) is 2. The van der Waals surface area contributed by atoms with Crippen LogP contribution in [0, 0.1) is 0 Å². The Kier molecular flexibility index (Phi) is 6.41. The van der Waals surface area contributed by atoms with Gasteiger partial charge >= 0.3 is 6.03 Å². The lowest BCUT2D eigenvalue weighted by atomic mass is 9.74. The van der Waals surface area contributed by atoms with Gasteiger partial charge in [-0.1, -0.05) is 40.2 Å². The number of methoxy groups -OCH3 is 1. The molecule has 2 aromatic carbocycles. The highest BCUT2D eigenvalue weighted by molar-refractivity contribution is 9.10. The van der Waals surface area contributed by atoms with Crippen LogP contribution in [0.3, 0.4) is 0 Å². The van der Waals surface area contributed by atoms with Crippen molar-refractivity contribution < 1.29 is 9.53 Å². The highest BCUT2D eigenvalue weighted by Gasteiger charge is 2.48. The van der Waals surface area contributed by atoms with Crippen LogP contribution in [0.4, 0.5) is 10.5 Å². The molecule has 0 radical (unpaired) electrons. The molecule has 2 aliphatic heterocycles. The maximum Gasteiger partial charge on any atom is 0.322 e. The van der Waals surface area contributed by atoms with Gasteiger partial charge in [0.05, 0.1) is 7.11 Å². The van der Waals surface area contributed by atoms with Gasteiger partial charge in [0.25, 0.3) is 0 Å². The van der Waals surface area contributed by atoms with Crippen LogP contribution >= 0.6 is 15.9 Å². The van der Waals surface area contributed by atoms with Crippen molar-refractivity contribution in [3.8, 4) is 5.75 Å². The van der Waals surface area contributed by atoms with Crippen LogP contribution in [0.15, 0.2) is 65.2 Å². The summed E-state index contributed by atoms with van der Waals surface area (Å²) in [5.74, 6) is 1.07. The zero-order valence-electron chi connectivity index (χ0n) is 17.0. The summed E-state index contributed by atoms with van der Waals surface area (Å²) >= 11 is 3.51. The van der Waals surface area contributed by atoms with Crippen molar-refractivity contribution >= 4 is 27.6 Å². The molecule has 0 spiro atoms. The van der Waals surface area contributed by atoms with Gasteiger partial charge in [0.15, 0.2) is 0 Å². The van der Waals surface area contributed by atoms with E-state index in [2.05, 4.69) is 62.6 Å². The lowest BCUT2D eigenvalue weighted by Crippen LogP contribution is -2.68. The molecule has 0 aliphatic carbocycles. The monoisotopic (exact) mass is 470 g/mol. The van der Waals surface area contributed by atoms with Crippen LogP contribution in [0.1, 0.15) is 11.5 Å². The lowest BCUT2D eigenvalue weighted by molar-refractivity contribution is -0.0129. The Morgan fingerprint density at radius 1 is 1.13 bits per heavy atom. The third-order valence-electron chi connectivity index (χ3n) is 6.02. The number of rotatable bonds is 4. The first-order valence-corrected chi connectivity index (χ1v) is 11.0. The maximum atomic E-state index is 13.0. The molecule has 1 fully saturated rings. The molecule has 1 saturated heterocycles. The Hall–Kier alpha value is -2.35. The molecule has 6 nitrogen and oxygen atoms in total. The summed E-state index contributed by atoms with van der Waals surface area (Å²) in [4.78, 5) is 17.3. The SMILES string of the molecule is COc1ccc(NC(=O)N2C/C=C\CN3[C@H](CN)[C@H](c4ccc(Br)cc4)[C@@H]3C2)cc1. The Labute approximate surface area is 185 Å². The molecule has 2 aliphatic rings. The second kappa shape index (κ2) is 9.20. The van der Waals surface area contributed by atoms with E-state index in [4.69, 9.17) is 10.5 Å². The van der Waals surface area contributed by atoms with E-state index in [1.54, 1.807) is 7.11 Å². The first kappa shape index (κ1) is 20.9. The summed E-state index contributed by atoms with van der Waals surface area (Å²) in [6, 6.07) is 16.3. The number of nitrogens with one attached hydrogen (secondary N) is 1. The topological polar surface area (TPSA) is 70.8 Å². The van der Waals surface area contributed by atoms with E-state index in [1.807, 2.05) is 29.2 Å². The summed E-state index contributed by atoms with van der Waals surface area (Å²) in [6.45, 7) is 2.72. The van der Waals surface area contributed by atoms with Gasteiger partial charge in [-0.15, -0.1) is 0 Å². The van der Waals surface area contributed by atoms with Gasteiger partial charge in [-0.05, 0) is 42.0 Å². The minimum Gasteiger partial charge on any atom is -0.497 e. The Morgan fingerprint density at radius 3 is 2.50 bits per heavy atom. The molecule has 30 heavy (non-hydrogen) atoms. The molecule has 3 N–H and O–H groups in total. The van der Waals surface area contributed by atoms with Crippen LogP contribution < -0.4 is 15.8 Å². The van der Waals surface area contributed by atoms with Crippen LogP contribution in [0.5, 0.6) is 5.75 Å². The number of carbonyl (C=O) groups is 1. The fraction of sp³-hybridized carbons (Fsp3) is 0.348. The normalized spacial score (nSPS) is 24.8. The summed E-state index contributed by atoms with van der Waals surface area (Å²) < 4.78 is 6.25. The number of anilines is 1. The van der Waals surface area contributed by atoms with Crippen molar-refractivity contribution in [1.82, 2.24) is 9.80 Å². The Morgan fingerprint density at radius 2 is 1.83 bits per heavy atom. The highest BCUT2D eigenvalue weighted by atomic mass is 79.9. The van der Waals surface area contributed by atoms with Crippen molar-refractivity contribution in [2.45, 2.75) is 18.0 Å². The zero-order valence-corrected chi connectivity index (χ0v) is 18.6. The largest absolute Gasteiger partial charge is 0.497 e. The lowest BCUT2D eigenvalue weighted by Gasteiger charge is -2.56. The molecule has 2 amide bonds. The van der Waals surface area contributed by atoms with Crippen LogP contribution in [-0.2, 0) is 0 Å². The van der Waals surface area contributed by atoms with Gasteiger partial charge in [-0.2, -0.15) is 0 Å². The van der Waals surface area contributed by atoms with E-state index in [1.165, 1.54) is 5.56 Å². The minimum absolute atomic E-state index is 0.0996. The van der Waals surface area contributed by atoms with Gasteiger partial charge in [0.1, 0.15) is 5.75 Å². The number of carbonyl (C=O) groups excluding carboxylic acids is 1. The fourth-order valence-electron chi connectivity index (χ4n) is 4.46. The first-order valence-electron chi connectivity index (χ1n) is 10.2. The van der Waals surface area contributed by atoms with Gasteiger partial charge < -0.3 is 20.7 Å². The van der Waals surface area contributed by atoms with Gasteiger partial charge in [-0.25, -0.2) is 4.79 Å². The van der Waals surface area contributed by atoms with Gasteiger partial charge in [-0.3, -0.25) is 4.90 Å². The molecular weight excluding hydrogens is 444 g/mol. The standard InChI is InChI=1S/C23H27BrN4O2/c1-30-19-10-8-18(9-11-19)26-23(29)27-12-2-3-13-28-20(14-25)22(21(28)15-27)16-4-6-17(24)7-5-16/h2-11,20-22H,12-15,25H2,1H3,(H,26,29)/b3-2-/t20-,21+,22+/m1/s1. The zero-order chi connectivity index (χ0) is 21.1. The van der Waals surface area contributed by atoms with E-state index in [-0.39, 0.29) is 18.1 Å². The van der Waals surface area contributed by atoms with E-state index in [0.717, 1.165) is 22.5 Å². The number of fused-ring (bicyclic) bond motifs is 1. The van der Waals surface area contributed by atoms with Crippen molar-refractivity contribution in [3.05, 3.63) is 70.7 Å². The number of urea groups is 1. The number of hydrogen-bond donors (Lipinski definition) is 2. The molecule has 7 heteroatoms. The van der Waals surface area contributed by atoms with E-state index >= 15 is 0 Å². The fourth-order valence-corrected chi connectivity index (χ4v) is 4.72. The molecule has 2 aromatic rings. The maximum absolute atomic E-state index is 13.0. The first-order chi connectivity index (χ1) is 14.6. The summed E-state index contributed by atoms with van der Waals surface area (Å²) in [7, 11) is 1.63. The van der Waals surface area contributed by atoms with Gasteiger partial charge in [0.2, 0.25) is 0 Å². The van der Waals surface area contributed by atoms with Crippen molar-refractivity contribution in [2.24, 2.45) is 5.73 Å². The number of ether oxygens (including phenoxy) is 1. The Bertz CT molecular complexity index is 900. The summed E-state index contributed by atoms with van der Waals surface area (Å²) in [5, 5.41) is 3.01. The van der Waals surface area contributed by atoms with Crippen molar-refractivity contribution in [2.75, 3.05) is 38.6 Å². The third-order valence-corrected chi connectivity index (χ3v) is 6.55. The van der Waals surface area contributed by atoms with Crippen LogP contribution in [0.2, 0.25) is 0 Å². The number of benzene rings is 2. The molecule has 158 valence electrons.